The summed E-state index contributed by atoms with van der Waals surface area (Å²) in [5.41, 5.74) is 4.75. The first kappa shape index (κ1) is 19.5. The minimum Gasteiger partial charge on any atom is -0.482 e. The SMILES string of the molecule is Cc1cc(C)c(NC(=O)[C@H](C)OC(=O)COc2ccccc2C)c(C)c1. The average Bonchev–Trinajstić information content (AvgIpc) is 2.57. The lowest BCUT2D eigenvalue weighted by molar-refractivity contribution is -0.155. The summed E-state index contributed by atoms with van der Waals surface area (Å²) in [4.78, 5) is 24.3. The van der Waals surface area contributed by atoms with Gasteiger partial charge in [0.1, 0.15) is 5.75 Å². The van der Waals surface area contributed by atoms with Crippen molar-refractivity contribution < 1.29 is 19.1 Å². The number of para-hydroxylation sites is 1. The molecule has 2 rings (SSSR count). The first-order chi connectivity index (χ1) is 12.3. The second-order valence-corrected chi connectivity index (χ2v) is 6.45. The number of rotatable bonds is 6. The van der Waals surface area contributed by atoms with Crippen LogP contribution in [0.4, 0.5) is 5.69 Å². The number of esters is 1. The molecular formula is C21H25NO4. The maximum Gasteiger partial charge on any atom is 0.344 e. The number of nitrogens with one attached hydrogen (secondary N) is 1. The minimum absolute atomic E-state index is 0.245. The third kappa shape index (κ3) is 5.09. The second-order valence-electron chi connectivity index (χ2n) is 6.45. The standard InChI is InChI=1S/C21H25NO4/c1-13-10-15(3)20(16(4)11-13)22-21(24)17(5)26-19(23)12-25-18-9-7-6-8-14(18)2/h6-11,17H,12H2,1-5H3,(H,22,24)/t17-/m0/s1. The normalized spacial score (nSPS) is 11.6. The van der Waals surface area contributed by atoms with Crippen molar-refractivity contribution in [2.24, 2.45) is 0 Å². The van der Waals surface area contributed by atoms with Crippen molar-refractivity contribution in [3.05, 3.63) is 58.7 Å². The Morgan fingerprint density at radius 1 is 1.00 bits per heavy atom. The Morgan fingerprint density at radius 2 is 1.62 bits per heavy atom. The van der Waals surface area contributed by atoms with E-state index in [1.165, 1.54) is 0 Å². The molecule has 0 aromatic heterocycles. The van der Waals surface area contributed by atoms with Crippen LogP contribution in [-0.4, -0.2) is 24.6 Å². The molecule has 0 aliphatic heterocycles. The van der Waals surface area contributed by atoms with Crippen molar-refractivity contribution in [2.75, 3.05) is 11.9 Å². The van der Waals surface area contributed by atoms with E-state index in [0.29, 0.717) is 5.75 Å². The smallest absolute Gasteiger partial charge is 0.344 e. The van der Waals surface area contributed by atoms with Gasteiger partial charge in [0.25, 0.3) is 5.91 Å². The Labute approximate surface area is 154 Å². The van der Waals surface area contributed by atoms with Crippen molar-refractivity contribution >= 4 is 17.6 Å². The Hall–Kier alpha value is -2.82. The summed E-state index contributed by atoms with van der Waals surface area (Å²) in [6, 6.07) is 11.4. The molecule has 26 heavy (non-hydrogen) atoms. The van der Waals surface area contributed by atoms with E-state index in [2.05, 4.69) is 5.32 Å². The molecule has 0 radical (unpaired) electrons. The topological polar surface area (TPSA) is 64.6 Å². The summed E-state index contributed by atoms with van der Waals surface area (Å²) < 4.78 is 10.6. The van der Waals surface area contributed by atoms with E-state index in [1.807, 2.05) is 58.0 Å². The zero-order valence-electron chi connectivity index (χ0n) is 15.9. The molecule has 0 unspecified atom stereocenters. The summed E-state index contributed by atoms with van der Waals surface area (Å²) in [6.45, 7) is 9.06. The van der Waals surface area contributed by atoms with E-state index in [-0.39, 0.29) is 12.5 Å². The molecule has 0 saturated heterocycles. The quantitative estimate of drug-likeness (QED) is 0.799. The largest absolute Gasteiger partial charge is 0.482 e. The summed E-state index contributed by atoms with van der Waals surface area (Å²) in [5, 5.41) is 2.84. The van der Waals surface area contributed by atoms with Crippen LogP contribution in [0.1, 0.15) is 29.2 Å². The number of hydrogen-bond acceptors (Lipinski definition) is 4. The van der Waals surface area contributed by atoms with Crippen LogP contribution < -0.4 is 10.1 Å². The van der Waals surface area contributed by atoms with Gasteiger partial charge in [-0.2, -0.15) is 0 Å². The van der Waals surface area contributed by atoms with Crippen molar-refractivity contribution in [3.8, 4) is 5.75 Å². The maximum absolute atomic E-state index is 12.3. The van der Waals surface area contributed by atoms with Gasteiger partial charge in [0.2, 0.25) is 0 Å². The highest BCUT2D eigenvalue weighted by atomic mass is 16.6. The lowest BCUT2D eigenvalue weighted by atomic mass is 10.0. The first-order valence-electron chi connectivity index (χ1n) is 8.54. The second kappa shape index (κ2) is 8.52. The molecule has 0 bridgehead atoms. The van der Waals surface area contributed by atoms with Crippen LogP contribution in [-0.2, 0) is 14.3 Å². The Balaban J connectivity index is 1.90. The fourth-order valence-electron chi connectivity index (χ4n) is 2.74. The van der Waals surface area contributed by atoms with E-state index in [4.69, 9.17) is 9.47 Å². The van der Waals surface area contributed by atoms with Gasteiger partial charge in [0.15, 0.2) is 12.7 Å². The number of ether oxygens (including phenoxy) is 2. The summed E-state index contributed by atoms with van der Waals surface area (Å²) in [6.07, 6.45) is -0.914. The third-order valence-electron chi connectivity index (χ3n) is 4.04. The lowest BCUT2D eigenvalue weighted by Gasteiger charge is -2.17. The average molecular weight is 355 g/mol. The van der Waals surface area contributed by atoms with Gasteiger partial charge in [-0.05, 0) is 57.4 Å². The molecule has 0 fully saturated rings. The predicted molar refractivity (Wildman–Crippen MR) is 102 cm³/mol. The van der Waals surface area contributed by atoms with Gasteiger partial charge in [-0.25, -0.2) is 4.79 Å². The van der Waals surface area contributed by atoms with Gasteiger partial charge < -0.3 is 14.8 Å². The number of anilines is 1. The molecule has 1 atom stereocenters. The van der Waals surface area contributed by atoms with Gasteiger partial charge in [0.05, 0.1) is 0 Å². The van der Waals surface area contributed by atoms with Crippen LogP contribution in [0.2, 0.25) is 0 Å². The molecule has 5 nitrogen and oxygen atoms in total. The van der Waals surface area contributed by atoms with E-state index in [1.54, 1.807) is 13.0 Å². The van der Waals surface area contributed by atoms with Crippen molar-refractivity contribution in [3.63, 3.8) is 0 Å². The number of carbonyl (C=O) groups excluding carboxylic acids is 2. The monoisotopic (exact) mass is 355 g/mol. The molecule has 0 spiro atoms. The van der Waals surface area contributed by atoms with E-state index < -0.39 is 12.1 Å². The van der Waals surface area contributed by atoms with Crippen LogP contribution in [0.5, 0.6) is 5.75 Å². The lowest BCUT2D eigenvalue weighted by Crippen LogP contribution is -2.32. The highest BCUT2D eigenvalue weighted by Gasteiger charge is 2.20. The fourth-order valence-corrected chi connectivity index (χ4v) is 2.74. The van der Waals surface area contributed by atoms with Crippen molar-refractivity contribution in [1.29, 1.82) is 0 Å². The first-order valence-corrected chi connectivity index (χ1v) is 8.54. The Bertz CT molecular complexity index is 790. The van der Waals surface area contributed by atoms with E-state index in [9.17, 15) is 9.59 Å². The van der Waals surface area contributed by atoms with Crippen LogP contribution in [0.15, 0.2) is 36.4 Å². The number of carbonyl (C=O) groups is 2. The number of aryl methyl sites for hydroxylation is 4. The van der Waals surface area contributed by atoms with Gasteiger partial charge in [0, 0.05) is 5.69 Å². The predicted octanol–water partition coefficient (Wildman–Crippen LogP) is 3.87. The Morgan fingerprint density at radius 3 is 2.23 bits per heavy atom. The minimum atomic E-state index is -0.914. The van der Waals surface area contributed by atoms with Crippen LogP contribution >= 0.6 is 0 Å². The van der Waals surface area contributed by atoms with Crippen molar-refractivity contribution in [2.45, 2.75) is 40.7 Å². The van der Waals surface area contributed by atoms with Crippen LogP contribution in [0.3, 0.4) is 0 Å². The molecule has 2 aromatic rings. The molecule has 138 valence electrons. The Kier molecular flexibility index (Phi) is 6.39. The number of benzene rings is 2. The molecular weight excluding hydrogens is 330 g/mol. The summed E-state index contributed by atoms with van der Waals surface area (Å²) >= 11 is 0. The van der Waals surface area contributed by atoms with Gasteiger partial charge in [-0.1, -0.05) is 35.9 Å². The molecule has 0 aliphatic carbocycles. The number of hydrogen-bond donors (Lipinski definition) is 1. The molecule has 0 saturated carbocycles. The summed E-state index contributed by atoms with van der Waals surface area (Å²) in [7, 11) is 0. The highest BCUT2D eigenvalue weighted by Crippen LogP contribution is 2.22. The zero-order valence-corrected chi connectivity index (χ0v) is 15.9. The molecule has 1 amide bonds. The van der Waals surface area contributed by atoms with Crippen LogP contribution in [0, 0.1) is 27.7 Å². The number of amides is 1. The van der Waals surface area contributed by atoms with E-state index in [0.717, 1.165) is 27.9 Å². The molecule has 5 heteroatoms. The van der Waals surface area contributed by atoms with E-state index >= 15 is 0 Å². The molecule has 1 N–H and O–H groups in total. The summed E-state index contributed by atoms with van der Waals surface area (Å²) in [5.74, 6) is -0.343. The molecule has 0 heterocycles. The third-order valence-corrected chi connectivity index (χ3v) is 4.04. The molecule has 2 aromatic carbocycles. The van der Waals surface area contributed by atoms with Gasteiger partial charge in [-0.3, -0.25) is 4.79 Å². The van der Waals surface area contributed by atoms with Crippen molar-refractivity contribution in [1.82, 2.24) is 0 Å². The zero-order chi connectivity index (χ0) is 19.3. The molecule has 0 aliphatic rings. The maximum atomic E-state index is 12.3. The fraction of sp³-hybridized carbons (Fsp3) is 0.333. The highest BCUT2D eigenvalue weighted by molar-refractivity contribution is 5.96. The van der Waals surface area contributed by atoms with Gasteiger partial charge in [-0.15, -0.1) is 0 Å². The van der Waals surface area contributed by atoms with Crippen LogP contribution in [0.25, 0.3) is 0 Å². The van der Waals surface area contributed by atoms with Gasteiger partial charge >= 0.3 is 5.97 Å².